The summed E-state index contributed by atoms with van der Waals surface area (Å²) in [5, 5.41) is 35.9. The largest absolute Gasteiger partial charge is 0.464 e. The molecule has 4 rings (SSSR count). The fourth-order valence-electron chi connectivity index (χ4n) is 10.2. The summed E-state index contributed by atoms with van der Waals surface area (Å²) in [6, 6.07) is 5.38. The smallest absolute Gasteiger partial charge is 0.328 e. The Hall–Kier alpha value is -8.48. The highest BCUT2D eigenvalue weighted by Gasteiger charge is 2.42. The number of amides is 13. The van der Waals surface area contributed by atoms with E-state index in [0.717, 1.165) is 58.9 Å². The van der Waals surface area contributed by atoms with E-state index in [1.807, 2.05) is 64.1 Å². The Bertz CT molecular complexity index is 3560. The Labute approximate surface area is 593 Å². The van der Waals surface area contributed by atoms with E-state index in [1.165, 1.54) is 125 Å². The lowest BCUT2D eigenvalue weighted by Crippen LogP contribution is -2.65. The molecule has 0 spiro atoms. The highest BCUT2D eigenvalue weighted by atomic mass is 33.1. The van der Waals surface area contributed by atoms with Gasteiger partial charge in [-0.15, -0.1) is 0 Å². The zero-order valence-corrected chi connectivity index (χ0v) is 63.0. The number of rotatable bonds is 35. The number of unbranched alkanes of at least 4 members (excludes halogenated alkanes) is 1. The van der Waals surface area contributed by atoms with Crippen molar-refractivity contribution in [1.82, 2.24) is 73.7 Å². The van der Waals surface area contributed by atoms with E-state index >= 15 is 0 Å². The first-order valence-electron chi connectivity index (χ1n) is 33.7. The van der Waals surface area contributed by atoms with Crippen molar-refractivity contribution >= 4 is 126 Å². The van der Waals surface area contributed by atoms with Crippen molar-refractivity contribution in [2.24, 2.45) is 0 Å². The van der Waals surface area contributed by atoms with E-state index in [-0.39, 0.29) is 25.4 Å². The van der Waals surface area contributed by atoms with Gasteiger partial charge in [0.15, 0.2) is 0 Å². The maximum atomic E-state index is 13.8. The van der Waals surface area contributed by atoms with E-state index in [2.05, 4.69) is 80.6 Å². The molecule has 3 aromatic rings. The van der Waals surface area contributed by atoms with Crippen molar-refractivity contribution in [3.05, 3.63) is 48.0 Å². The SMILES string of the molecule is CCOC(=O)[C@H](Cc1ccc2c(c1)c1ccccc1n2CC)NC(=O)C(C)(C)NC(=O)[C@H](C)NC(=O)C(C)(C)NC(=O)[C@H](C)NC(=O)C(C)(C)NC(=O)[C@H](C)NC(=O)C(C)(C)NC(=O)[C@H](C)NC(=O)C(C)(C)NC(=O)[C@H](C)NC(=O)C(C)(C)NC(=O)[C@H](C)NC(=O)CCCCC1CCSS1. The van der Waals surface area contributed by atoms with Gasteiger partial charge in [-0.2, -0.15) is 0 Å². The molecule has 2 heterocycles. The molecule has 31 heteroatoms. The average molecular weight is 1440 g/mol. The third-order valence-corrected chi connectivity index (χ3v) is 19.9. The van der Waals surface area contributed by atoms with Crippen LogP contribution >= 0.6 is 21.6 Å². The second kappa shape index (κ2) is 35.2. The van der Waals surface area contributed by atoms with E-state index in [9.17, 15) is 67.1 Å². The molecule has 0 aliphatic carbocycles. The molecule has 1 aliphatic rings. The molecule has 554 valence electrons. The molecule has 8 atom stereocenters. The summed E-state index contributed by atoms with van der Waals surface area (Å²) in [5.41, 5.74) is -7.08. The summed E-state index contributed by atoms with van der Waals surface area (Å²) in [7, 11) is 3.74. The van der Waals surface area contributed by atoms with Crippen LogP contribution in [-0.4, -0.2) is 180 Å². The minimum Gasteiger partial charge on any atom is -0.464 e. The lowest BCUT2D eigenvalue weighted by molar-refractivity contribution is -0.148. The number of fused-ring (bicyclic) bond motifs is 3. The Morgan fingerprint density at radius 1 is 0.460 bits per heavy atom. The molecule has 13 N–H and O–H groups in total. The van der Waals surface area contributed by atoms with Crippen LogP contribution in [0.5, 0.6) is 0 Å². The number of hydrogen-bond donors (Lipinski definition) is 13. The lowest BCUT2D eigenvalue weighted by Gasteiger charge is -2.32. The molecule has 29 nitrogen and oxygen atoms in total. The number of aromatic nitrogens is 1. The molecule has 1 aliphatic heterocycles. The van der Waals surface area contributed by atoms with Crippen LogP contribution in [0.3, 0.4) is 0 Å². The standard InChI is InChI=1S/C69H106N14O15S2/c1-21-83-48-29-25-24-28-45(48)46-35-43(31-32-49(46)83)36-47(57(91)98-22-2)76-63(97)69(19,20)82-56(90)42(8)75-62(96)68(17,18)81-55(89)41(7)74-61(95)67(15,16)80-54(88)40(6)73-60(94)66(13,14)79-53(87)39(5)72-59(93)65(11,12)78-52(86)38(4)71-58(92)64(9,10)77-51(85)37(3)70-50(84)30-26-23-27-44-33-34-99-100-44/h24-25,28-29,31-32,35,37-42,44,47H,21-23,26-27,30,33-34,36H2,1-20H3,(H,70,84)(H,71,92)(H,72,93)(H,73,94)(H,74,95)(H,75,96)(H,76,97)(H,77,85)(H,78,86)(H,79,87)(H,80,88)(H,81,89)(H,82,90)/t37-,38-,39-,40-,41-,42-,44?,47-/m0/s1. The van der Waals surface area contributed by atoms with Crippen LogP contribution in [0.4, 0.5) is 0 Å². The van der Waals surface area contributed by atoms with Crippen molar-refractivity contribution in [3.63, 3.8) is 0 Å². The number of hydrogen-bond acceptors (Lipinski definition) is 17. The van der Waals surface area contributed by atoms with E-state index < -0.39 is 152 Å². The molecule has 2 aromatic carbocycles. The molecule has 1 saturated heterocycles. The number of carbonyl (C=O) groups is 14. The Kier molecular flexibility index (Phi) is 29.6. The number of carbonyl (C=O) groups excluding carboxylic acids is 14. The number of aryl methyl sites for hydroxylation is 1. The average Bonchev–Trinajstić information content (AvgIpc) is 1.60. The molecule has 0 radical (unpaired) electrons. The first kappa shape index (κ1) is 83.9. The van der Waals surface area contributed by atoms with Gasteiger partial charge in [-0.05, 0) is 181 Å². The van der Waals surface area contributed by atoms with Gasteiger partial charge in [-0.1, -0.05) is 52.3 Å². The zero-order chi connectivity index (χ0) is 75.8. The van der Waals surface area contributed by atoms with Crippen LogP contribution < -0.4 is 69.1 Å². The van der Waals surface area contributed by atoms with E-state index in [1.54, 1.807) is 6.92 Å². The Morgan fingerprint density at radius 3 is 1.16 bits per heavy atom. The monoisotopic (exact) mass is 1430 g/mol. The second-order valence-corrected chi connectivity index (χ2v) is 31.4. The van der Waals surface area contributed by atoms with Gasteiger partial charge in [0.25, 0.3) is 0 Å². The van der Waals surface area contributed by atoms with E-state index in [0.29, 0.717) is 11.7 Å². The maximum Gasteiger partial charge on any atom is 0.328 e. The van der Waals surface area contributed by atoms with Gasteiger partial charge in [0.1, 0.15) is 75.5 Å². The maximum absolute atomic E-state index is 13.8. The molecule has 0 saturated carbocycles. The molecular weight excluding hydrogens is 1330 g/mol. The van der Waals surface area contributed by atoms with Gasteiger partial charge in [0.2, 0.25) is 76.8 Å². The second-order valence-electron chi connectivity index (χ2n) is 28.6. The number of ether oxygens (including phenoxy) is 1. The Morgan fingerprint density at radius 2 is 0.810 bits per heavy atom. The number of esters is 1. The zero-order valence-electron chi connectivity index (χ0n) is 61.4. The third-order valence-electron chi connectivity index (χ3n) is 16.9. The predicted molar refractivity (Wildman–Crippen MR) is 383 cm³/mol. The molecule has 1 aromatic heterocycles. The summed E-state index contributed by atoms with van der Waals surface area (Å²) >= 11 is 0. The van der Waals surface area contributed by atoms with Crippen molar-refractivity contribution < 1.29 is 71.9 Å². The molecule has 1 unspecified atom stereocenters. The quantitative estimate of drug-likeness (QED) is 0.0229. The number of para-hydroxylation sites is 1. The number of benzene rings is 2. The number of nitrogens with zero attached hydrogens (tertiary/aromatic N) is 1. The van der Waals surface area contributed by atoms with Crippen LogP contribution in [0.25, 0.3) is 21.8 Å². The highest BCUT2D eigenvalue weighted by molar-refractivity contribution is 8.77. The van der Waals surface area contributed by atoms with Crippen LogP contribution in [0.1, 0.15) is 176 Å². The van der Waals surface area contributed by atoms with Gasteiger partial charge in [-0.3, -0.25) is 62.3 Å². The minimum atomic E-state index is -1.71. The minimum absolute atomic E-state index is 0.0554. The van der Waals surface area contributed by atoms with Gasteiger partial charge >= 0.3 is 5.97 Å². The molecule has 13 amide bonds. The summed E-state index contributed by atoms with van der Waals surface area (Å²) in [6.07, 6.45) is 4.12. The van der Waals surface area contributed by atoms with Crippen LogP contribution in [0.2, 0.25) is 0 Å². The highest BCUT2D eigenvalue weighted by Crippen LogP contribution is 2.40. The van der Waals surface area contributed by atoms with Gasteiger partial charge in [0, 0.05) is 52.2 Å². The van der Waals surface area contributed by atoms with E-state index in [4.69, 9.17) is 4.74 Å². The third kappa shape index (κ3) is 23.6. The molecule has 1 fully saturated rings. The lowest BCUT2D eigenvalue weighted by atomic mass is 9.99. The van der Waals surface area contributed by atoms with Gasteiger partial charge in [0.05, 0.1) is 6.61 Å². The van der Waals surface area contributed by atoms with Crippen molar-refractivity contribution in [2.75, 3.05) is 12.4 Å². The normalized spacial score (nSPS) is 15.7. The predicted octanol–water partition coefficient (Wildman–Crippen LogP) is 2.52. The van der Waals surface area contributed by atoms with Crippen molar-refractivity contribution in [2.45, 2.75) is 264 Å². The summed E-state index contributed by atoms with van der Waals surface area (Å²) in [5.74, 6) is -9.27. The summed E-state index contributed by atoms with van der Waals surface area (Å²) < 4.78 is 7.53. The number of nitrogens with one attached hydrogen (secondary N) is 13. The van der Waals surface area contributed by atoms with Crippen molar-refractivity contribution in [3.8, 4) is 0 Å². The van der Waals surface area contributed by atoms with Gasteiger partial charge < -0.3 is 78.4 Å². The fourth-order valence-corrected chi connectivity index (χ4v) is 13.3. The molecule has 100 heavy (non-hydrogen) atoms. The van der Waals surface area contributed by atoms with Crippen LogP contribution in [-0.2, 0) is 84.8 Å². The first-order chi connectivity index (χ1) is 46.2. The molecule has 0 bridgehead atoms. The fraction of sp³-hybridized carbons (Fsp3) is 0.623. The van der Waals surface area contributed by atoms with Crippen LogP contribution in [0, 0.1) is 0 Å². The Balaban J connectivity index is 1.21. The first-order valence-corrected chi connectivity index (χ1v) is 36.1. The van der Waals surface area contributed by atoms with Gasteiger partial charge in [-0.25, -0.2) is 4.79 Å². The van der Waals surface area contributed by atoms with Crippen LogP contribution in [0.15, 0.2) is 42.5 Å². The summed E-state index contributed by atoms with van der Waals surface area (Å²) in [6.45, 7) is 29.2. The van der Waals surface area contributed by atoms with Crippen molar-refractivity contribution in [1.29, 1.82) is 0 Å². The summed E-state index contributed by atoms with van der Waals surface area (Å²) in [4.78, 5) is 188. The topological polar surface area (TPSA) is 410 Å². The molecular formula is C69H106N14O15S2.